The minimum Gasteiger partial charge on any atom is -0.481 e. The molecule has 2 rings (SSSR count). The van der Waals surface area contributed by atoms with Gasteiger partial charge in [-0.25, -0.2) is 24.6 Å². The third-order valence-corrected chi connectivity index (χ3v) is 7.76. The Morgan fingerprint density at radius 2 is 1.48 bits per heavy atom. The minimum atomic E-state index is -4.48. The van der Waals surface area contributed by atoms with Crippen LogP contribution >= 0.6 is 0 Å². The van der Waals surface area contributed by atoms with Crippen molar-refractivity contribution in [1.29, 1.82) is 0 Å². The standard InChI is InChI=1S/C29H33N7O13S/c1-18(32-26(40)20(3)33-25(39)19(2)31-23(37)16-47-4)24(38)30-17-48-15-14-36(29(44)49-28(43)22-8-6-5-7-9-22)34-50(45,46)35-12-10-21(11-13-35)27(41)42/h5-9,14-15,17,21,34H,10-13,16H2,1-4H3,(H,41,42). The third kappa shape index (κ3) is 13.1. The zero-order chi connectivity index (χ0) is 37.4. The van der Waals surface area contributed by atoms with Crippen LogP contribution in [0.3, 0.4) is 0 Å². The molecular weight excluding hydrogens is 686 g/mol. The number of aliphatic imine (C=N–C) groups is 4. The van der Waals surface area contributed by atoms with Gasteiger partial charge in [0.05, 0.1) is 17.7 Å². The van der Waals surface area contributed by atoms with Crippen molar-refractivity contribution in [3.63, 3.8) is 0 Å². The van der Waals surface area contributed by atoms with Gasteiger partial charge in [-0.3, -0.25) is 24.0 Å². The second kappa shape index (κ2) is 19.4. The van der Waals surface area contributed by atoms with Crippen molar-refractivity contribution in [3.05, 3.63) is 48.4 Å². The SMILES string of the molecule is COCC(=O)N=C(C)C(=O)N=C(C)C(=O)N=C(C)C(=O)N=COC=CN(NS(=O)(=O)N1CCC(C(=O)O)CC1)C(=O)OC(=O)c1ccccc1. The summed E-state index contributed by atoms with van der Waals surface area (Å²) in [5, 5.41) is 9.43. The first kappa shape index (κ1) is 40.5. The highest BCUT2D eigenvalue weighted by Gasteiger charge is 2.33. The number of nitrogens with one attached hydrogen (secondary N) is 1. The number of amides is 5. The van der Waals surface area contributed by atoms with E-state index >= 15 is 0 Å². The van der Waals surface area contributed by atoms with Crippen molar-refractivity contribution in [2.24, 2.45) is 25.9 Å². The zero-order valence-corrected chi connectivity index (χ0v) is 28.0. The van der Waals surface area contributed by atoms with Crippen LogP contribution in [0.25, 0.3) is 0 Å². The van der Waals surface area contributed by atoms with E-state index in [4.69, 9.17) is 9.47 Å². The number of methoxy groups -OCH3 is 1. The molecule has 2 N–H and O–H groups in total. The normalized spacial score (nSPS) is 15.2. The Hall–Kier alpha value is -5.64. The molecule has 5 amide bonds. The molecule has 21 heteroatoms. The summed E-state index contributed by atoms with van der Waals surface area (Å²) < 4.78 is 41.1. The summed E-state index contributed by atoms with van der Waals surface area (Å²) >= 11 is 0. The predicted molar refractivity (Wildman–Crippen MR) is 173 cm³/mol. The van der Waals surface area contributed by atoms with Gasteiger partial charge in [0.2, 0.25) is 0 Å². The number of nitrogens with zero attached hydrogens (tertiary/aromatic N) is 6. The lowest BCUT2D eigenvalue weighted by Crippen LogP contribution is -2.52. The highest BCUT2D eigenvalue weighted by Crippen LogP contribution is 2.19. The van der Waals surface area contributed by atoms with E-state index in [1.54, 1.807) is 6.07 Å². The Kier molecular flexibility index (Phi) is 15.7. The Balaban J connectivity index is 2.12. The number of carbonyl (C=O) groups excluding carboxylic acids is 6. The van der Waals surface area contributed by atoms with E-state index < -0.39 is 69.2 Å². The van der Waals surface area contributed by atoms with Crippen molar-refractivity contribution in [3.8, 4) is 0 Å². The van der Waals surface area contributed by atoms with Gasteiger partial charge in [0.1, 0.15) is 30.0 Å². The van der Waals surface area contributed by atoms with E-state index in [9.17, 15) is 47.1 Å². The third-order valence-electron chi connectivity index (χ3n) is 6.29. The smallest absolute Gasteiger partial charge is 0.437 e. The van der Waals surface area contributed by atoms with Crippen LogP contribution in [0, 0.1) is 5.92 Å². The van der Waals surface area contributed by atoms with E-state index in [-0.39, 0.29) is 48.8 Å². The number of ether oxygens (including phenoxy) is 3. The second-order valence-corrected chi connectivity index (χ2v) is 11.6. The minimum absolute atomic E-state index is 0.0153. The molecule has 1 heterocycles. The Morgan fingerprint density at radius 1 is 0.920 bits per heavy atom. The van der Waals surface area contributed by atoms with Crippen molar-refractivity contribution < 1.29 is 61.3 Å². The fourth-order valence-corrected chi connectivity index (χ4v) is 4.86. The summed E-state index contributed by atoms with van der Waals surface area (Å²) in [6, 6.07) is 7.31. The van der Waals surface area contributed by atoms with E-state index in [0.717, 1.165) is 18.2 Å². The van der Waals surface area contributed by atoms with Crippen molar-refractivity contribution in [1.82, 2.24) is 14.1 Å². The first-order valence-corrected chi connectivity index (χ1v) is 15.8. The van der Waals surface area contributed by atoms with Crippen LogP contribution in [0.4, 0.5) is 4.79 Å². The van der Waals surface area contributed by atoms with Gasteiger partial charge in [0.25, 0.3) is 33.8 Å². The number of hydrazine groups is 1. The quantitative estimate of drug-likeness (QED) is 0.0701. The number of hydrogen-bond donors (Lipinski definition) is 2. The lowest BCUT2D eigenvalue weighted by atomic mass is 9.99. The highest BCUT2D eigenvalue weighted by atomic mass is 32.2. The maximum absolute atomic E-state index is 13.0. The summed E-state index contributed by atoms with van der Waals surface area (Å²) in [6.45, 7) is 2.73. The monoisotopic (exact) mass is 719 g/mol. The Bertz CT molecular complexity index is 1740. The molecule has 20 nitrogen and oxygen atoms in total. The number of aliphatic carboxylic acids is 1. The highest BCUT2D eigenvalue weighted by molar-refractivity contribution is 7.87. The van der Waals surface area contributed by atoms with Gasteiger partial charge in [0, 0.05) is 20.2 Å². The van der Waals surface area contributed by atoms with Gasteiger partial charge >= 0.3 is 18.0 Å². The van der Waals surface area contributed by atoms with Gasteiger partial charge < -0.3 is 19.3 Å². The number of carboxylic acid groups (broad SMARTS) is 1. The van der Waals surface area contributed by atoms with Crippen LogP contribution in [0.2, 0.25) is 0 Å². The molecular formula is C29H33N7O13S. The van der Waals surface area contributed by atoms with Gasteiger partial charge in [0.15, 0.2) is 6.40 Å². The summed E-state index contributed by atoms with van der Waals surface area (Å²) in [5.41, 5.74) is -1.21. The lowest BCUT2D eigenvalue weighted by Gasteiger charge is -2.30. The van der Waals surface area contributed by atoms with Crippen LogP contribution in [0.5, 0.6) is 0 Å². The maximum Gasteiger partial charge on any atom is 0.437 e. The number of carbonyl (C=O) groups is 7. The number of rotatable bonds is 13. The van der Waals surface area contributed by atoms with Crippen LogP contribution in [0.15, 0.2) is 62.8 Å². The van der Waals surface area contributed by atoms with Crippen molar-refractivity contribution >= 4 is 75.4 Å². The average Bonchev–Trinajstić information content (AvgIpc) is 3.07. The van der Waals surface area contributed by atoms with Crippen molar-refractivity contribution in [2.45, 2.75) is 33.6 Å². The Morgan fingerprint density at radius 3 is 2.04 bits per heavy atom. The molecule has 50 heavy (non-hydrogen) atoms. The number of hydrogen-bond acceptors (Lipinski definition) is 12. The molecule has 0 spiro atoms. The van der Waals surface area contributed by atoms with Gasteiger partial charge in [-0.2, -0.15) is 22.7 Å². The maximum atomic E-state index is 13.0. The summed E-state index contributed by atoms with van der Waals surface area (Å²) in [7, 11) is -3.22. The lowest BCUT2D eigenvalue weighted by molar-refractivity contribution is -0.143. The van der Waals surface area contributed by atoms with E-state index in [1.807, 2.05) is 4.83 Å². The van der Waals surface area contributed by atoms with Crippen LogP contribution in [-0.4, -0.2) is 115 Å². The molecule has 0 aliphatic carbocycles. The molecule has 0 unspecified atom stereocenters. The van der Waals surface area contributed by atoms with E-state index in [2.05, 4.69) is 24.7 Å². The van der Waals surface area contributed by atoms with Crippen molar-refractivity contribution in [2.75, 3.05) is 26.8 Å². The van der Waals surface area contributed by atoms with Crippen LogP contribution in [-0.2, 0) is 48.4 Å². The van der Waals surface area contributed by atoms with Gasteiger partial charge in [-0.05, 0) is 45.7 Å². The van der Waals surface area contributed by atoms with E-state index in [0.29, 0.717) is 18.9 Å². The molecule has 1 aliphatic heterocycles. The number of piperidine rings is 1. The van der Waals surface area contributed by atoms with Gasteiger partial charge in [-0.1, -0.05) is 18.2 Å². The summed E-state index contributed by atoms with van der Waals surface area (Å²) in [4.78, 5) is 100. The molecule has 0 saturated carbocycles. The second-order valence-electron chi connectivity index (χ2n) is 9.99. The van der Waals surface area contributed by atoms with E-state index in [1.165, 1.54) is 38.3 Å². The number of carboxylic acids is 1. The molecule has 1 aromatic carbocycles. The first-order chi connectivity index (χ1) is 23.5. The molecule has 1 fully saturated rings. The molecule has 0 aromatic heterocycles. The predicted octanol–water partition coefficient (Wildman–Crippen LogP) is 0.463. The zero-order valence-electron chi connectivity index (χ0n) is 27.2. The number of esters is 1. The van der Waals surface area contributed by atoms with Crippen LogP contribution < -0.4 is 4.83 Å². The fourth-order valence-electron chi connectivity index (χ4n) is 3.67. The van der Waals surface area contributed by atoms with Crippen LogP contribution in [0.1, 0.15) is 44.0 Å². The molecule has 0 radical (unpaired) electrons. The topological polar surface area (TPSA) is 270 Å². The van der Waals surface area contributed by atoms with Gasteiger partial charge in [-0.15, -0.1) is 4.83 Å². The summed E-state index contributed by atoms with van der Waals surface area (Å²) in [5.74, 6) is -6.82. The summed E-state index contributed by atoms with van der Waals surface area (Å²) in [6.07, 6.45) is 0.450. The largest absolute Gasteiger partial charge is 0.481 e. The first-order valence-electron chi connectivity index (χ1n) is 14.3. The molecule has 268 valence electrons. The molecule has 1 aromatic rings. The molecule has 0 bridgehead atoms. The Labute approximate surface area is 285 Å². The molecule has 1 aliphatic rings. The average molecular weight is 720 g/mol. The molecule has 0 atom stereocenters. The number of benzene rings is 1. The molecule has 1 saturated heterocycles. The fraction of sp³-hybridized carbons (Fsp3) is 0.345.